The molecular formula is C13H17NO5S. The van der Waals surface area contributed by atoms with E-state index in [1.807, 2.05) is 0 Å². The summed E-state index contributed by atoms with van der Waals surface area (Å²) in [5, 5.41) is 11.0. The van der Waals surface area contributed by atoms with Crippen LogP contribution in [0.25, 0.3) is 0 Å². The van der Waals surface area contributed by atoms with E-state index in [0.717, 1.165) is 6.26 Å². The SMILES string of the molecule is Cc1ccc(C(=O)NCCCC(=O)O)cc1S(C)(=O)=O. The first-order valence-corrected chi connectivity index (χ1v) is 7.91. The molecule has 110 valence electrons. The number of sulfone groups is 1. The van der Waals surface area contributed by atoms with Crippen LogP contribution in [0.1, 0.15) is 28.8 Å². The summed E-state index contributed by atoms with van der Waals surface area (Å²) in [4.78, 5) is 22.3. The van der Waals surface area contributed by atoms with E-state index < -0.39 is 21.7 Å². The highest BCUT2D eigenvalue weighted by atomic mass is 32.2. The molecule has 1 rings (SSSR count). The van der Waals surface area contributed by atoms with E-state index >= 15 is 0 Å². The Morgan fingerprint density at radius 3 is 2.50 bits per heavy atom. The number of benzene rings is 1. The monoisotopic (exact) mass is 299 g/mol. The first-order chi connectivity index (χ1) is 9.21. The van der Waals surface area contributed by atoms with E-state index in [1.54, 1.807) is 13.0 Å². The molecule has 0 saturated carbocycles. The molecule has 0 aliphatic rings. The van der Waals surface area contributed by atoms with E-state index in [0.29, 0.717) is 12.0 Å². The highest BCUT2D eigenvalue weighted by molar-refractivity contribution is 7.90. The highest BCUT2D eigenvalue weighted by Gasteiger charge is 2.14. The summed E-state index contributed by atoms with van der Waals surface area (Å²) in [5.74, 6) is -1.34. The van der Waals surface area contributed by atoms with Gasteiger partial charge in [0.1, 0.15) is 0 Å². The molecular weight excluding hydrogens is 282 g/mol. The Morgan fingerprint density at radius 1 is 1.30 bits per heavy atom. The van der Waals surface area contributed by atoms with Gasteiger partial charge in [0.2, 0.25) is 0 Å². The number of carboxylic acid groups (broad SMARTS) is 1. The third-order valence-corrected chi connectivity index (χ3v) is 3.94. The molecule has 0 heterocycles. The van der Waals surface area contributed by atoms with Crippen molar-refractivity contribution in [3.63, 3.8) is 0 Å². The second-order valence-electron chi connectivity index (χ2n) is 4.51. The van der Waals surface area contributed by atoms with Gasteiger partial charge in [-0.3, -0.25) is 9.59 Å². The average Bonchev–Trinajstić information content (AvgIpc) is 2.33. The molecule has 0 atom stereocenters. The van der Waals surface area contributed by atoms with Gasteiger partial charge in [-0.1, -0.05) is 6.07 Å². The highest BCUT2D eigenvalue weighted by Crippen LogP contribution is 2.16. The summed E-state index contributed by atoms with van der Waals surface area (Å²) >= 11 is 0. The van der Waals surface area contributed by atoms with Gasteiger partial charge in [-0.15, -0.1) is 0 Å². The zero-order chi connectivity index (χ0) is 15.3. The maximum Gasteiger partial charge on any atom is 0.303 e. The van der Waals surface area contributed by atoms with Crippen molar-refractivity contribution in [2.24, 2.45) is 0 Å². The number of carboxylic acids is 1. The summed E-state index contributed by atoms with van der Waals surface area (Å²) < 4.78 is 23.1. The Hall–Kier alpha value is -1.89. The molecule has 0 unspecified atom stereocenters. The van der Waals surface area contributed by atoms with Gasteiger partial charge in [0, 0.05) is 24.8 Å². The Bertz CT molecular complexity index is 622. The van der Waals surface area contributed by atoms with E-state index in [4.69, 9.17) is 5.11 Å². The third-order valence-electron chi connectivity index (χ3n) is 2.70. The van der Waals surface area contributed by atoms with Crippen LogP contribution in [0.4, 0.5) is 0 Å². The van der Waals surface area contributed by atoms with Crippen LogP contribution in [0.2, 0.25) is 0 Å². The Balaban J connectivity index is 2.77. The van der Waals surface area contributed by atoms with Crippen molar-refractivity contribution in [2.45, 2.75) is 24.7 Å². The lowest BCUT2D eigenvalue weighted by molar-refractivity contribution is -0.137. The van der Waals surface area contributed by atoms with Crippen LogP contribution >= 0.6 is 0 Å². The fraction of sp³-hybridized carbons (Fsp3) is 0.385. The van der Waals surface area contributed by atoms with Gasteiger partial charge in [0.25, 0.3) is 5.91 Å². The molecule has 0 radical (unpaired) electrons. The standard InChI is InChI=1S/C13H17NO5S/c1-9-5-6-10(8-11(9)20(2,18)19)13(17)14-7-3-4-12(15)16/h5-6,8H,3-4,7H2,1-2H3,(H,14,17)(H,15,16). The van der Waals surface area contributed by atoms with Gasteiger partial charge in [0.15, 0.2) is 9.84 Å². The zero-order valence-electron chi connectivity index (χ0n) is 11.3. The number of hydrogen-bond acceptors (Lipinski definition) is 4. The fourth-order valence-electron chi connectivity index (χ4n) is 1.68. The molecule has 6 nitrogen and oxygen atoms in total. The number of aliphatic carboxylic acids is 1. The van der Waals surface area contributed by atoms with Crippen molar-refractivity contribution >= 4 is 21.7 Å². The third kappa shape index (κ3) is 4.65. The maximum atomic E-state index is 11.8. The number of carbonyl (C=O) groups excluding carboxylic acids is 1. The number of nitrogens with one attached hydrogen (secondary N) is 1. The largest absolute Gasteiger partial charge is 0.481 e. The Labute approximate surface area is 117 Å². The lowest BCUT2D eigenvalue weighted by Crippen LogP contribution is -2.25. The van der Waals surface area contributed by atoms with Crippen LogP contribution < -0.4 is 5.32 Å². The molecule has 0 aromatic heterocycles. The van der Waals surface area contributed by atoms with Crippen LogP contribution in [0.5, 0.6) is 0 Å². The molecule has 0 fully saturated rings. The molecule has 0 aliphatic heterocycles. The lowest BCUT2D eigenvalue weighted by atomic mass is 10.1. The minimum Gasteiger partial charge on any atom is -0.481 e. The normalized spacial score (nSPS) is 11.1. The van der Waals surface area contributed by atoms with E-state index in [2.05, 4.69) is 5.32 Å². The van der Waals surface area contributed by atoms with Crippen molar-refractivity contribution in [1.29, 1.82) is 0 Å². The van der Waals surface area contributed by atoms with Crippen molar-refractivity contribution in [2.75, 3.05) is 12.8 Å². The fourth-order valence-corrected chi connectivity index (χ4v) is 2.68. The van der Waals surface area contributed by atoms with Crippen molar-refractivity contribution < 1.29 is 23.1 Å². The van der Waals surface area contributed by atoms with Gasteiger partial charge in [-0.2, -0.15) is 0 Å². The molecule has 0 bridgehead atoms. The first-order valence-electron chi connectivity index (χ1n) is 6.02. The quantitative estimate of drug-likeness (QED) is 0.763. The van der Waals surface area contributed by atoms with E-state index in [9.17, 15) is 18.0 Å². The molecule has 1 aromatic rings. The molecule has 1 aromatic carbocycles. The van der Waals surface area contributed by atoms with E-state index in [1.165, 1.54) is 12.1 Å². The molecule has 20 heavy (non-hydrogen) atoms. The molecule has 0 spiro atoms. The molecule has 2 N–H and O–H groups in total. The smallest absolute Gasteiger partial charge is 0.303 e. The predicted molar refractivity (Wildman–Crippen MR) is 73.5 cm³/mol. The average molecular weight is 299 g/mol. The molecule has 0 saturated heterocycles. The first kappa shape index (κ1) is 16.2. The number of hydrogen-bond donors (Lipinski definition) is 2. The number of aryl methyl sites for hydroxylation is 1. The predicted octanol–water partition coefficient (Wildman–Crippen LogP) is 0.993. The van der Waals surface area contributed by atoms with Crippen LogP contribution in [0.15, 0.2) is 23.1 Å². The van der Waals surface area contributed by atoms with Crippen LogP contribution in [-0.2, 0) is 14.6 Å². The number of amides is 1. The van der Waals surface area contributed by atoms with Crippen molar-refractivity contribution in [1.82, 2.24) is 5.32 Å². The summed E-state index contributed by atoms with van der Waals surface area (Å²) in [6, 6.07) is 4.44. The van der Waals surface area contributed by atoms with Crippen molar-refractivity contribution in [3.8, 4) is 0 Å². The van der Waals surface area contributed by atoms with Gasteiger partial charge in [0.05, 0.1) is 4.90 Å². The summed E-state index contributed by atoms with van der Waals surface area (Å²) in [6.07, 6.45) is 1.39. The second-order valence-corrected chi connectivity index (χ2v) is 6.49. The summed E-state index contributed by atoms with van der Waals surface area (Å²) in [7, 11) is -3.38. The van der Waals surface area contributed by atoms with Crippen LogP contribution in [-0.4, -0.2) is 38.2 Å². The van der Waals surface area contributed by atoms with Gasteiger partial charge in [-0.05, 0) is 31.0 Å². The molecule has 0 aliphatic carbocycles. The lowest BCUT2D eigenvalue weighted by Gasteiger charge is -2.08. The van der Waals surface area contributed by atoms with Gasteiger partial charge < -0.3 is 10.4 Å². The van der Waals surface area contributed by atoms with Crippen LogP contribution in [0, 0.1) is 6.92 Å². The van der Waals surface area contributed by atoms with E-state index in [-0.39, 0.29) is 23.4 Å². The summed E-state index contributed by atoms with van der Waals surface area (Å²) in [5.41, 5.74) is 0.821. The zero-order valence-corrected chi connectivity index (χ0v) is 12.2. The minimum atomic E-state index is -3.38. The second kappa shape index (κ2) is 6.51. The topological polar surface area (TPSA) is 101 Å². The van der Waals surface area contributed by atoms with Crippen LogP contribution in [0.3, 0.4) is 0 Å². The molecule has 7 heteroatoms. The maximum absolute atomic E-state index is 11.8. The summed E-state index contributed by atoms with van der Waals surface area (Å²) in [6.45, 7) is 1.89. The number of rotatable bonds is 6. The molecule has 1 amide bonds. The minimum absolute atomic E-state index is 0.0250. The van der Waals surface area contributed by atoms with Gasteiger partial charge in [-0.25, -0.2) is 8.42 Å². The van der Waals surface area contributed by atoms with Gasteiger partial charge >= 0.3 is 5.97 Å². The van der Waals surface area contributed by atoms with Crippen molar-refractivity contribution in [3.05, 3.63) is 29.3 Å². The Kier molecular flexibility index (Phi) is 5.26. The Morgan fingerprint density at radius 2 is 1.95 bits per heavy atom. The number of carbonyl (C=O) groups is 2.